The lowest BCUT2D eigenvalue weighted by molar-refractivity contribution is -0.122. The molecule has 0 spiro atoms. The van der Waals surface area contributed by atoms with Gasteiger partial charge in [-0.3, -0.25) is 4.79 Å². The first-order valence-corrected chi connectivity index (χ1v) is 8.54. The van der Waals surface area contributed by atoms with Crippen LogP contribution in [-0.2, 0) is 16.8 Å². The van der Waals surface area contributed by atoms with Gasteiger partial charge in [-0.05, 0) is 30.7 Å². The van der Waals surface area contributed by atoms with E-state index in [0.717, 1.165) is 16.9 Å². The van der Waals surface area contributed by atoms with Crippen molar-refractivity contribution >= 4 is 5.91 Å². The van der Waals surface area contributed by atoms with E-state index in [1.165, 1.54) is 0 Å². The van der Waals surface area contributed by atoms with Crippen molar-refractivity contribution in [2.75, 3.05) is 19.8 Å². The molecule has 0 saturated carbocycles. The van der Waals surface area contributed by atoms with Crippen molar-refractivity contribution in [3.63, 3.8) is 0 Å². The standard InChI is InChI=1S/C20H23NO4/c1-2-24-16-9-7-15(8-10-16)13-19(22)21-14-20(23)11-12-25-18-6-4-3-5-17(18)20/h3-10,23H,2,11-14H2,1H3,(H,21,22). The lowest BCUT2D eigenvalue weighted by Gasteiger charge is -2.34. The van der Waals surface area contributed by atoms with Gasteiger partial charge >= 0.3 is 0 Å². The third-order valence-corrected chi connectivity index (χ3v) is 4.34. The monoisotopic (exact) mass is 341 g/mol. The average molecular weight is 341 g/mol. The molecular formula is C20H23NO4. The molecule has 0 fully saturated rings. The molecule has 1 aliphatic heterocycles. The molecule has 1 aliphatic rings. The summed E-state index contributed by atoms with van der Waals surface area (Å²) >= 11 is 0. The highest BCUT2D eigenvalue weighted by molar-refractivity contribution is 5.78. The summed E-state index contributed by atoms with van der Waals surface area (Å²) in [4.78, 5) is 12.2. The predicted molar refractivity (Wildman–Crippen MR) is 94.8 cm³/mol. The predicted octanol–water partition coefficient (Wildman–Crippen LogP) is 2.41. The second-order valence-electron chi connectivity index (χ2n) is 6.16. The fourth-order valence-electron chi connectivity index (χ4n) is 2.99. The van der Waals surface area contributed by atoms with Gasteiger partial charge in [-0.25, -0.2) is 0 Å². The first-order valence-electron chi connectivity index (χ1n) is 8.54. The van der Waals surface area contributed by atoms with E-state index in [4.69, 9.17) is 9.47 Å². The van der Waals surface area contributed by atoms with E-state index < -0.39 is 5.60 Å². The minimum Gasteiger partial charge on any atom is -0.494 e. The van der Waals surface area contributed by atoms with Crippen LogP contribution in [-0.4, -0.2) is 30.8 Å². The molecule has 1 atom stereocenters. The number of amides is 1. The normalized spacial score (nSPS) is 18.8. The van der Waals surface area contributed by atoms with Gasteiger partial charge in [0.2, 0.25) is 5.91 Å². The number of hydrogen-bond acceptors (Lipinski definition) is 4. The number of carbonyl (C=O) groups excluding carboxylic acids is 1. The zero-order valence-electron chi connectivity index (χ0n) is 14.3. The Kier molecular flexibility index (Phi) is 5.24. The number of hydrogen-bond donors (Lipinski definition) is 2. The summed E-state index contributed by atoms with van der Waals surface area (Å²) in [5, 5.41) is 13.8. The van der Waals surface area contributed by atoms with Crippen molar-refractivity contribution in [2.24, 2.45) is 0 Å². The number of ether oxygens (including phenoxy) is 2. The molecular weight excluding hydrogens is 318 g/mol. The SMILES string of the molecule is CCOc1ccc(CC(=O)NCC2(O)CCOc3ccccc32)cc1. The van der Waals surface area contributed by atoms with Gasteiger partial charge in [0.05, 0.1) is 26.2 Å². The number of para-hydroxylation sites is 1. The molecule has 1 amide bonds. The minimum absolute atomic E-state index is 0.124. The second kappa shape index (κ2) is 7.57. The lowest BCUT2D eigenvalue weighted by atomic mass is 9.88. The van der Waals surface area contributed by atoms with Crippen LogP contribution in [0.1, 0.15) is 24.5 Å². The Balaban J connectivity index is 1.59. The van der Waals surface area contributed by atoms with E-state index in [9.17, 15) is 9.90 Å². The number of nitrogens with one attached hydrogen (secondary N) is 1. The molecule has 25 heavy (non-hydrogen) atoms. The molecule has 2 aromatic rings. The highest BCUT2D eigenvalue weighted by atomic mass is 16.5. The van der Waals surface area contributed by atoms with Crippen molar-refractivity contribution in [3.05, 3.63) is 59.7 Å². The van der Waals surface area contributed by atoms with Crippen molar-refractivity contribution < 1.29 is 19.4 Å². The maximum Gasteiger partial charge on any atom is 0.224 e. The third-order valence-electron chi connectivity index (χ3n) is 4.34. The highest BCUT2D eigenvalue weighted by Crippen LogP contribution is 2.36. The maximum absolute atomic E-state index is 12.2. The second-order valence-corrected chi connectivity index (χ2v) is 6.16. The first-order chi connectivity index (χ1) is 12.1. The fraction of sp³-hybridized carbons (Fsp3) is 0.350. The van der Waals surface area contributed by atoms with Crippen molar-refractivity contribution in [2.45, 2.75) is 25.4 Å². The van der Waals surface area contributed by atoms with Gasteiger partial charge in [0, 0.05) is 12.0 Å². The van der Waals surface area contributed by atoms with E-state index in [-0.39, 0.29) is 18.9 Å². The molecule has 0 bridgehead atoms. The van der Waals surface area contributed by atoms with Crippen LogP contribution in [0.3, 0.4) is 0 Å². The van der Waals surface area contributed by atoms with Gasteiger partial charge in [-0.15, -0.1) is 0 Å². The molecule has 5 nitrogen and oxygen atoms in total. The van der Waals surface area contributed by atoms with E-state index in [1.807, 2.05) is 55.5 Å². The van der Waals surface area contributed by atoms with Crippen molar-refractivity contribution in [1.82, 2.24) is 5.32 Å². The van der Waals surface area contributed by atoms with E-state index in [1.54, 1.807) is 0 Å². The molecule has 2 aromatic carbocycles. The van der Waals surface area contributed by atoms with Crippen molar-refractivity contribution in [3.8, 4) is 11.5 Å². The van der Waals surface area contributed by atoms with Gasteiger partial charge in [0.1, 0.15) is 17.1 Å². The van der Waals surface area contributed by atoms with E-state index in [0.29, 0.717) is 25.4 Å². The Morgan fingerprint density at radius 3 is 2.76 bits per heavy atom. The summed E-state index contributed by atoms with van der Waals surface area (Å²) in [6.07, 6.45) is 0.716. The fourth-order valence-corrected chi connectivity index (χ4v) is 2.99. The molecule has 0 saturated heterocycles. The zero-order chi connectivity index (χ0) is 17.7. The third kappa shape index (κ3) is 4.12. The molecule has 1 unspecified atom stereocenters. The van der Waals surface area contributed by atoms with Gasteiger partial charge in [0.15, 0.2) is 0 Å². The summed E-state index contributed by atoms with van der Waals surface area (Å²) in [7, 11) is 0. The summed E-state index contributed by atoms with van der Waals surface area (Å²) in [5.74, 6) is 1.35. The van der Waals surface area contributed by atoms with E-state index in [2.05, 4.69) is 5.32 Å². The molecule has 2 N–H and O–H groups in total. The minimum atomic E-state index is -1.09. The topological polar surface area (TPSA) is 67.8 Å². The Labute approximate surface area is 147 Å². The summed E-state index contributed by atoms with van der Waals surface area (Å²) in [5.41, 5.74) is 0.534. The van der Waals surface area contributed by atoms with Gasteiger partial charge in [-0.2, -0.15) is 0 Å². The number of fused-ring (bicyclic) bond motifs is 1. The molecule has 3 rings (SSSR count). The van der Waals surface area contributed by atoms with Crippen molar-refractivity contribution in [1.29, 1.82) is 0 Å². The molecule has 5 heteroatoms. The number of aliphatic hydroxyl groups is 1. The van der Waals surface area contributed by atoms with Crippen LogP contribution in [0.25, 0.3) is 0 Å². The smallest absolute Gasteiger partial charge is 0.224 e. The molecule has 0 aliphatic carbocycles. The van der Waals surface area contributed by atoms with Gasteiger partial charge in [0.25, 0.3) is 0 Å². The van der Waals surface area contributed by atoms with Crippen LogP contribution in [0, 0.1) is 0 Å². The Morgan fingerprint density at radius 1 is 1.24 bits per heavy atom. The largest absolute Gasteiger partial charge is 0.494 e. The quantitative estimate of drug-likeness (QED) is 0.847. The van der Waals surface area contributed by atoms with Crippen LogP contribution in [0.4, 0.5) is 0 Å². The van der Waals surface area contributed by atoms with Crippen LogP contribution in [0.5, 0.6) is 11.5 Å². The molecule has 1 heterocycles. The van der Waals surface area contributed by atoms with E-state index >= 15 is 0 Å². The number of carbonyl (C=O) groups is 1. The van der Waals surface area contributed by atoms with Crippen LogP contribution < -0.4 is 14.8 Å². The van der Waals surface area contributed by atoms with Gasteiger partial charge in [-0.1, -0.05) is 30.3 Å². The average Bonchev–Trinajstić information content (AvgIpc) is 2.63. The Bertz CT molecular complexity index is 729. The summed E-state index contributed by atoms with van der Waals surface area (Å²) in [6, 6.07) is 14.9. The zero-order valence-corrected chi connectivity index (χ0v) is 14.3. The number of rotatable bonds is 6. The number of benzene rings is 2. The summed E-state index contributed by atoms with van der Waals surface area (Å²) in [6.45, 7) is 3.15. The molecule has 0 radical (unpaired) electrons. The first kappa shape index (κ1) is 17.3. The summed E-state index contributed by atoms with van der Waals surface area (Å²) < 4.78 is 11.0. The lowest BCUT2D eigenvalue weighted by Crippen LogP contribution is -2.44. The molecule has 132 valence electrons. The Hall–Kier alpha value is -2.53. The van der Waals surface area contributed by atoms with Crippen LogP contribution >= 0.6 is 0 Å². The highest BCUT2D eigenvalue weighted by Gasteiger charge is 2.35. The van der Waals surface area contributed by atoms with Crippen LogP contribution in [0.15, 0.2) is 48.5 Å². The van der Waals surface area contributed by atoms with Crippen LogP contribution in [0.2, 0.25) is 0 Å². The molecule has 0 aromatic heterocycles. The Morgan fingerprint density at radius 2 is 2.00 bits per heavy atom. The maximum atomic E-state index is 12.2. The van der Waals surface area contributed by atoms with Gasteiger partial charge < -0.3 is 19.9 Å².